The molecule has 0 aromatic heterocycles. The van der Waals surface area contributed by atoms with Crippen LogP contribution >= 0.6 is 0 Å². The Bertz CT molecular complexity index is 1410. The minimum atomic E-state index is -0.0683. The van der Waals surface area contributed by atoms with Gasteiger partial charge in [0.05, 0.1) is 27.0 Å². The third kappa shape index (κ3) is 4.56. The smallest absolute Gasteiger partial charge is 0.161 e. The highest BCUT2D eigenvalue weighted by Gasteiger charge is 2.31. The molecule has 5 nitrogen and oxygen atoms in total. The second-order valence-electron chi connectivity index (χ2n) is 8.29. The molecule has 4 aromatic rings. The summed E-state index contributed by atoms with van der Waals surface area (Å²) in [5.74, 6) is 3.55. The van der Waals surface area contributed by atoms with E-state index in [4.69, 9.17) is 23.9 Å². The number of hydrogen-bond donors (Lipinski definition) is 0. The lowest BCUT2D eigenvalue weighted by molar-refractivity contribution is 0.354. The zero-order valence-corrected chi connectivity index (χ0v) is 20.5. The van der Waals surface area contributed by atoms with Crippen LogP contribution in [0.1, 0.15) is 22.6 Å². The molecule has 1 unspecified atom stereocenters. The van der Waals surface area contributed by atoms with E-state index in [0.717, 1.165) is 45.2 Å². The first kappa shape index (κ1) is 23.2. The molecule has 5 heteroatoms. The summed E-state index contributed by atoms with van der Waals surface area (Å²) in [6.45, 7) is 0. The second kappa shape index (κ2) is 10.4. The molecule has 36 heavy (non-hydrogen) atoms. The van der Waals surface area contributed by atoms with E-state index in [1.807, 2.05) is 72.9 Å². The molecule has 1 heterocycles. The molecule has 0 saturated carbocycles. The highest BCUT2D eigenvalue weighted by atomic mass is 16.5. The van der Waals surface area contributed by atoms with Gasteiger partial charge in [-0.1, -0.05) is 48.5 Å². The fourth-order valence-corrected chi connectivity index (χ4v) is 4.43. The number of allylic oxidation sites excluding steroid dienone is 1. The summed E-state index contributed by atoms with van der Waals surface area (Å²) in [6.07, 6.45) is 1.90. The van der Waals surface area contributed by atoms with Gasteiger partial charge >= 0.3 is 0 Å². The average Bonchev–Trinajstić information content (AvgIpc) is 2.95. The molecule has 0 radical (unpaired) electrons. The number of rotatable bonds is 7. The van der Waals surface area contributed by atoms with Gasteiger partial charge in [0.25, 0.3) is 0 Å². The van der Waals surface area contributed by atoms with Gasteiger partial charge in [0.1, 0.15) is 17.3 Å². The first-order chi connectivity index (χ1) is 17.7. The van der Waals surface area contributed by atoms with Crippen molar-refractivity contribution in [1.29, 1.82) is 0 Å². The van der Waals surface area contributed by atoms with Gasteiger partial charge < -0.3 is 18.9 Å². The molecule has 5 rings (SSSR count). The summed E-state index contributed by atoms with van der Waals surface area (Å²) < 4.78 is 22.9. The maximum atomic E-state index is 6.55. The number of ether oxygens (including phenoxy) is 4. The van der Waals surface area contributed by atoms with Crippen LogP contribution in [0, 0.1) is 0 Å². The molecule has 0 fully saturated rings. The van der Waals surface area contributed by atoms with E-state index in [1.165, 1.54) is 0 Å². The van der Waals surface area contributed by atoms with Gasteiger partial charge in [-0.05, 0) is 54.1 Å². The third-order valence-electron chi connectivity index (χ3n) is 6.22. The van der Waals surface area contributed by atoms with Crippen LogP contribution in [0.25, 0.3) is 5.76 Å². The lowest BCUT2D eigenvalue weighted by Crippen LogP contribution is -2.17. The van der Waals surface area contributed by atoms with E-state index >= 15 is 0 Å². The largest absolute Gasteiger partial charge is 0.497 e. The number of methoxy groups -OCH3 is 3. The Morgan fingerprint density at radius 3 is 2.17 bits per heavy atom. The van der Waals surface area contributed by atoms with Crippen molar-refractivity contribution in [3.63, 3.8) is 0 Å². The van der Waals surface area contributed by atoms with Crippen molar-refractivity contribution in [3.8, 4) is 23.0 Å². The van der Waals surface area contributed by atoms with Gasteiger partial charge in [-0.2, -0.15) is 0 Å². The van der Waals surface area contributed by atoms with Crippen LogP contribution in [0.3, 0.4) is 0 Å². The standard InChI is InChI=1S/C31H27NO4/c1-33-24-16-14-23(15-17-24)32-20-26-30(21-9-5-4-6-10-21)25-11-7-8-12-27(25)36-31(26)22-13-18-28(34-2)29(19-22)35-3/h4-20,30H,1-3H3. The lowest BCUT2D eigenvalue weighted by atomic mass is 9.81. The highest BCUT2D eigenvalue weighted by Crippen LogP contribution is 2.46. The average molecular weight is 478 g/mol. The van der Waals surface area contributed by atoms with Gasteiger partial charge in [0.15, 0.2) is 11.5 Å². The SMILES string of the molecule is COc1ccc(N=CC2=C(c3ccc(OC)c(OC)c3)Oc3ccccc3C2c2ccccc2)cc1. The van der Waals surface area contributed by atoms with Gasteiger partial charge in [-0.3, -0.25) is 4.99 Å². The number of nitrogens with zero attached hydrogens (tertiary/aromatic N) is 1. The van der Waals surface area contributed by atoms with Crippen molar-refractivity contribution in [2.45, 2.75) is 5.92 Å². The van der Waals surface area contributed by atoms with E-state index in [9.17, 15) is 0 Å². The Hall–Kier alpha value is -4.51. The third-order valence-corrected chi connectivity index (χ3v) is 6.22. The zero-order valence-electron chi connectivity index (χ0n) is 20.5. The summed E-state index contributed by atoms with van der Waals surface area (Å²) in [5, 5.41) is 0. The predicted octanol–water partition coefficient (Wildman–Crippen LogP) is 7.05. The predicted molar refractivity (Wildman–Crippen MR) is 143 cm³/mol. The van der Waals surface area contributed by atoms with Crippen LogP contribution in [-0.2, 0) is 0 Å². The summed E-state index contributed by atoms with van der Waals surface area (Å²) in [7, 11) is 4.91. The van der Waals surface area contributed by atoms with Crippen LogP contribution in [0.5, 0.6) is 23.0 Å². The summed E-state index contributed by atoms with van der Waals surface area (Å²) >= 11 is 0. The fraction of sp³-hybridized carbons (Fsp3) is 0.129. The quantitative estimate of drug-likeness (QED) is 0.268. The van der Waals surface area contributed by atoms with Crippen molar-refractivity contribution >= 4 is 17.7 Å². The van der Waals surface area contributed by atoms with Gasteiger partial charge in [0, 0.05) is 28.8 Å². The fourth-order valence-electron chi connectivity index (χ4n) is 4.43. The van der Waals surface area contributed by atoms with Crippen LogP contribution in [0.15, 0.2) is 108 Å². The van der Waals surface area contributed by atoms with Crippen LogP contribution in [-0.4, -0.2) is 27.5 Å². The number of aliphatic imine (C=N–C) groups is 1. The van der Waals surface area contributed by atoms with Gasteiger partial charge in [-0.25, -0.2) is 0 Å². The van der Waals surface area contributed by atoms with E-state index in [2.05, 4.69) is 30.3 Å². The first-order valence-electron chi connectivity index (χ1n) is 11.7. The molecule has 1 atom stereocenters. The minimum Gasteiger partial charge on any atom is -0.497 e. The van der Waals surface area contributed by atoms with E-state index in [1.54, 1.807) is 21.3 Å². The summed E-state index contributed by atoms with van der Waals surface area (Å²) in [4.78, 5) is 4.83. The number of fused-ring (bicyclic) bond motifs is 1. The monoisotopic (exact) mass is 477 g/mol. The van der Waals surface area contributed by atoms with Crippen molar-refractivity contribution in [2.75, 3.05) is 21.3 Å². The Kier molecular flexibility index (Phi) is 6.72. The molecule has 0 aliphatic carbocycles. The molecular weight excluding hydrogens is 450 g/mol. The Balaban J connectivity index is 1.71. The maximum Gasteiger partial charge on any atom is 0.161 e. The molecule has 0 N–H and O–H groups in total. The van der Waals surface area contributed by atoms with E-state index < -0.39 is 0 Å². The molecule has 1 aliphatic heterocycles. The molecule has 180 valence electrons. The summed E-state index contributed by atoms with van der Waals surface area (Å²) in [5.41, 5.74) is 4.88. The van der Waals surface area contributed by atoms with Crippen molar-refractivity contribution in [1.82, 2.24) is 0 Å². The maximum absolute atomic E-state index is 6.55. The van der Waals surface area contributed by atoms with Crippen LogP contribution < -0.4 is 18.9 Å². The number of benzene rings is 4. The van der Waals surface area contributed by atoms with Gasteiger partial charge in [-0.15, -0.1) is 0 Å². The molecule has 0 spiro atoms. The molecule has 1 aliphatic rings. The Morgan fingerprint density at radius 2 is 1.44 bits per heavy atom. The number of hydrogen-bond acceptors (Lipinski definition) is 5. The highest BCUT2D eigenvalue weighted by molar-refractivity contribution is 5.95. The summed E-state index contributed by atoms with van der Waals surface area (Å²) in [6, 6.07) is 32.0. The molecule has 0 amide bonds. The van der Waals surface area contributed by atoms with Gasteiger partial charge in [0.2, 0.25) is 0 Å². The van der Waals surface area contributed by atoms with Crippen LogP contribution in [0.2, 0.25) is 0 Å². The van der Waals surface area contributed by atoms with E-state index in [0.29, 0.717) is 11.5 Å². The number of para-hydroxylation sites is 1. The van der Waals surface area contributed by atoms with Crippen molar-refractivity contribution in [3.05, 3.63) is 119 Å². The Morgan fingerprint density at radius 1 is 0.722 bits per heavy atom. The molecule has 0 saturated heterocycles. The second-order valence-corrected chi connectivity index (χ2v) is 8.29. The molecular formula is C31H27NO4. The van der Waals surface area contributed by atoms with Crippen molar-refractivity contribution in [2.24, 2.45) is 4.99 Å². The van der Waals surface area contributed by atoms with Crippen molar-refractivity contribution < 1.29 is 18.9 Å². The lowest BCUT2D eigenvalue weighted by Gasteiger charge is -2.30. The zero-order chi connectivity index (χ0) is 24.9. The van der Waals surface area contributed by atoms with Crippen LogP contribution in [0.4, 0.5) is 5.69 Å². The normalized spacial score (nSPS) is 14.8. The van der Waals surface area contributed by atoms with E-state index in [-0.39, 0.29) is 5.92 Å². The topological polar surface area (TPSA) is 49.3 Å². The first-order valence-corrected chi connectivity index (χ1v) is 11.7. The molecule has 4 aromatic carbocycles. The minimum absolute atomic E-state index is 0.0683. The molecule has 0 bridgehead atoms. The Labute approximate surface area is 211 Å².